The van der Waals surface area contributed by atoms with Crippen LogP contribution in [0.2, 0.25) is 0 Å². The summed E-state index contributed by atoms with van der Waals surface area (Å²) < 4.78 is 0. The summed E-state index contributed by atoms with van der Waals surface area (Å²) in [6.07, 6.45) is 0. The van der Waals surface area contributed by atoms with E-state index in [0.29, 0.717) is 0 Å². The highest BCUT2D eigenvalue weighted by atomic mass is 15.1. The molecule has 13 rings (SSSR count). The maximum atomic E-state index is 2.45. The van der Waals surface area contributed by atoms with Crippen molar-refractivity contribution in [3.05, 3.63) is 307 Å². The average Bonchev–Trinajstić information content (AvgIpc) is 3.74. The molecule has 0 bridgehead atoms. The molecule has 0 aliphatic heterocycles. The Balaban J connectivity index is 0.997. The average molecular weight is 890 g/mol. The van der Waals surface area contributed by atoms with E-state index in [1.165, 1.54) is 93.9 Å². The van der Waals surface area contributed by atoms with E-state index >= 15 is 0 Å². The van der Waals surface area contributed by atoms with Crippen molar-refractivity contribution >= 4 is 38.6 Å². The Morgan fingerprint density at radius 1 is 0.243 bits per heavy atom. The molecule has 1 aliphatic rings. The van der Waals surface area contributed by atoms with Crippen LogP contribution >= 0.6 is 0 Å². The molecular weight excluding hydrogens is 843 g/mol. The maximum Gasteiger partial charge on any atom is 0.0713 e. The van der Waals surface area contributed by atoms with Crippen LogP contribution in [0, 0.1) is 0 Å². The normalized spacial score (nSPS) is 12.4. The quantitative estimate of drug-likeness (QED) is 0.131. The lowest BCUT2D eigenvalue weighted by molar-refractivity contribution is 0.768. The molecule has 0 atom stereocenters. The molecular formula is C69H47N. The topological polar surface area (TPSA) is 3.24 Å². The first-order valence-corrected chi connectivity index (χ1v) is 24.3. The second-order valence-corrected chi connectivity index (χ2v) is 18.3. The van der Waals surface area contributed by atoms with Gasteiger partial charge in [0, 0.05) is 16.9 Å². The van der Waals surface area contributed by atoms with Crippen LogP contribution in [-0.2, 0) is 5.41 Å². The van der Waals surface area contributed by atoms with E-state index in [-0.39, 0.29) is 0 Å². The van der Waals surface area contributed by atoms with E-state index in [0.717, 1.165) is 22.6 Å². The summed E-state index contributed by atoms with van der Waals surface area (Å²) in [6, 6.07) is 105. The van der Waals surface area contributed by atoms with E-state index in [2.05, 4.69) is 290 Å². The molecule has 0 radical (unpaired) electrons. The Labute approximate surface area is 409 Å². The maximum absolute atomic E-state index is 2.45. The zero-order valence-electron chi connectivity index (χ0n) is 38.6. The lowest BCUT2D eigenvalue weighted by Crippen LogP contribution is -2.28. The smallest absolute Gasteiger partial charge is 0.0713 e. The van der Waals surface area contributed by atoms with Crippen molar-refractivity contribution in [1.82, 2.24) is 0 Å². The van der Waals surface area contributed by atoms with Crippen LogP contribution in [0.25, 0.3) is 77.2 Å². The zero-order chi connectivity index (χ0) is 46.4. The van der Waals surface area contributed by atoms with Crippen LogP contribution in [0.4, 0.5) is 17.1 Å². The predicted octanol–water partition coefficient (Wildman–Crippen LogP) is 18.5. The molecule has 0 fully saturated rings. The number of para-hydroxylation sites is 1. The largest absolute Gasteiger partial charge is 0.310 e. The van der Waals surface area contributed by atoms with Gasteiger partial charge in [-0.3, -0.25) is 0 Å². The zero-order valence-corrected chi connectivity index (χ0v) is 38.6. The van der Waals surface area contributed by atoms with Gasteiger partial charge in [-0.05, 0) is 130 Å². The van der Waals surface area contributed by atoms with Gasteiger partial charge < -0.3 is 4.90 Å². The highest BCUT2D eigenvalue weighted by Gasteiger charge is 2.46. The molecule has 0 spiro atoms. The van der Waals surface area contributed by atoms with Crippen molar-refractivity contribution in [2.24, 2.45) is 0 Å². The number of hydrogen-bond acceptors (Lipinski definition) is 1. The lowest BCUT2D eigenvalue weighted by Gasteiger charge is -2.34. The van der Waals surface area contributed by atoms with Gasteiger partial charge in [-0.15, -0.1) is 0 Å². The van der Waals surface area contributed by atoms with Gasteiger partial charge in [0.15, 0.2) is 0 Å². The minimum absolute atomic E-state index is 0.476. The van der Waals surface area contributed by atoms with Gasteiger partial charge in [0.2, 0.25) is 0 Å². The Morgan fingerprint density at radius 3 is 1.34 bits per heavy atom. The van der Waals surface area contributed by atoms with Crippen molar-refractivity contribution in [3.8, 4) is 55.6 Å². The second-order valence-electron chi connectivity index (χ2n) is 18.3. The Hall–Kier alpha value is -9.04. The monoisotopic (exact) mass is 889 g/mol. The van der Waals surface area contributed by atoms with Crippen LogP contribution in [0.15, 0.2) is 285 Å². The van der Waals surface area contributed by atoms with Gasteiger partial charge in [-0.25, -0.2) is 0 Å². The number of rotatable bonds is 9. The van der Waals surface area contributed by atoms with Gasteiger partial charge in [-0.1, -0.05) is 249 Å². The standard InChI is InChI=1S/C69H47N/c1-6-22-49(23-7-1)57-32-19-21-37-66(57)70(56-43-45-65-62(47-56)60-34-18-20-36-64(60)69(65,53-28-12-4-13-29-53)54-30-14-5-15-31-54)55-41-38-48(39-42-55)52-40-44-59-58-33-16-17-35-61(58)67(50-24-8-2-9-25-50)68(63(59)46-52)51-26-10-3-11-27-51/h1-47H. The molecule has 0 unspecified atom stereocenters. The fourth-order valence-corrected chi connectivity index (χ4v) is 11.5. The Bertz CT molecular complexity index is 3800. The fourth-order valence-electron chi connectivity index (χ4n) is 11.5. The summed E-state index contributed by atoms with van der Waals surface area (Å²) in [6.45, 7) is 0. The van der Waals surface area contributed by atoms with Crippen LogP contribution in [0.3, 0.4) is 0 Å². The number of anilines is 3. The number of fused-ring (bicyclic) bond motifs is 6. The molecule has 0 amide bonds. The van der Waals surface area contributed by atoms with Gasteiger partial charge in [0.1, 0.15) is 0 Å². The molecule has 0 heterocycles. The molecule has 0 N–H and O–H groups in total. The SMILES string of the molecule is c1ccc(-c2ccccc2N(c2ccc(-c3ccc4c(c3)c(-c3ccccc3)c(-c3ccccc3)c3ccccc34)cc2)c2ccc3c(c2)-c2ccccc2C3(c2ccccc2)c2ccccc2)cc1. The molecule has 70 heavy (non-hydrogen) atoms. The van der Waals surface area contributed by atoms with E-state index in [1.54, 1.807) is 0 Å². The van der Waals surface area contributed by atoms with Crippen molar-refractivity contribution in [3.63, 3.8) is 0 Å². The van der Waals surface area contributed by atoms with E-state index in [1.807, 2.05) is 0 Å². The molecule has 12 aromatic rings. The van der Waals surface area contributed by atoms with E-state index in [4.69, 9.17) is 0 Å². The third-order valence-corrected chi connectivity index (χ3v) is 14.5. The first-order chi connectivity index (χ1) is 34.8. The minimum atomic E-state index is -0.476. The summed E-state index contributed by atoms with van der Waals surface area (Å²) >= 11 is 0. The molecule has 1 aliphatic carbocycles. The Kier molecular flexibility index (Phi) is 10.1. The van der Waals surface area contributed by atoms with Crippen molar-refractivity contribution in [2.45, 2.75) is 5.41 Å². The van der Waals surface area contributed by atoms with Crippen LogP contribution in [-0.4, -0.2) is 0 Å². The molecule has 0 saturated carbocycles. The molecule has 0 aromatic heterocycles. The van der Waals surface area contributed by atoms with Crippen molar-refractivity contribution in [2.75, 3.05) is 4.90 Å². The van der Waals surface area contributed by atoms with Crippen molar-refractivity contribution < 1.29 is 0 Å². The predicted molar refractivity (Wildman–Crippen MR) is 295 cm³/mol. The number of benzene rings is 12. The van der Waals surface area contributed by atoms with Gasteiger partial charge in [0.05, 0.1) is 11.1 Å². The van der Waals surface area contributed by atoms with E-state index < -0.39 is 5.41 Å². The lowest BCUT2D eigenvalue weighted by atomic mass is 9.68. The summed E-state index contributed by atoms with van der Waals surface area (Å²) in [4.78, 5) is 2.45. The summed E-state index contributed by atoms with van der Waals surface area (Å²) in [7, 11) is 0. The van der Waals surface area contributed by atoms with Crippen LogP contribution in [0.5, 0.6) is 0 Å². The number of hydrogen-bond donors (Lipinski definition) is 0. The minimum Gasteiger partial charge on any atom is -0.310 e. The first kappa shape index (κ1) is 41.2. The van der Waals surface area contributed by atoms with E-state index in [9.17, 15) is 0 Å². The summed E-state index contributed by atoms with van der Waals surface area (Å²) in [5.74, 6) is 0. The number of nitrogens with zero attached hydrogens (tertiary/aromatic N) is 1. The second kappa shape index (κ2) is 17.2. The van der Waals surface area contributed by atoms with Gasteiger partial charge in [-0.2, -0.15) is 0 Å². The highest BCUT2D eigenvalue weighted by Crippen LogP contribution is 2.57. The molecule has 1 heteroatoms. The molecule has 328 valence electrons. The first-order valence-electron chi connectivity index (χ1n) is 24.3. The Morgan fingerprint density at radius 2 is 0.700 bits per heavy atom. The highest BCUT2D eigenvalue weighted by molar-refractivity contribution is 6.22. The third kappa shape index (κ3) is 6.70. The van der Waals surface area contributed by atoms with Crippen LogP contribution < -0.4 is 4.90 Å². The molecule has 1 nitrogen and oxygen atoms in total. The fraction of sp³-hybridized carbons (Fsp3) is 0.0145. The van der Waals surface area contributed by atoms with Crippen LogP contribution in [0.1, 0.15) is 22.3 Å². The summed E-state index contributed by atoms with van der Waals surface area (Å²) in [5.41, 5.74) is 20.0. The van der Waals surface area contributed by atoms with Crippen molar-refractivity contribution in [1.29, 1.82) is 0 Å². The van der Waals surface area contributed by atoms with Gasteiger partial charge >= 0.3 is 0 Å². The summed E-state index contributed by atoms with van der Waals surface area (Å²) in [5, 5.41) is 5.01. The van der Waals surface area contributed by atoms with Gasteiger partial charge in [0.25, 0.3) is 0 Å². The molecule has 12 aromatic carbocycles. The third-order valence-electron chi connectivity index (χ3n) is 14.5. The molecule has 0 saturated heterocycles.